The van der Waals surface area contributed by atoms with Crippen LogP contribution in [0, 0.1) is 5.82 Å². The van der Waals surface area contributed by atoms with E-state index < -0.39 is 0 Å². The summed E-state index contributed by atoms with van der Waals surface area (Å²) in [7, 11) is 3.21. The monoisotopic (exact) mass is 392 g/mol. The third kappa shape index (κ3) is 5.44. The number of benzene rings is 2. The van der Waals surface area contributed by atoms with Crippen LogP contribution in [0.4, 0.5) is 4.39 Å². The summed E-state index contributed by atoms with van der Waals surface area (Å²) < 4.78 is 35.6. The molecule has 2 aromatic rings. The van der Waals surface area contributed by atoms with Crippen molar-refractivity contribution >= 4 is 0 Å². The van der Waals surface area contributed by atoms with Gasteiger partial charge in [0, 0.05) is 19.8 Å². The van der Waals surface area contributed by atoms with Gasteiger partial charge in [-0.2, -0.15) is 0 Å². The fourth-order valence-electron chi connectivity index (χ4n) is 3.02. The van der Waals surface area contributed by atoms with Crippen molar-refractivity contribution in [2.75, 3.05) is 40.6 Å². The van der Waals surface area contributed by atoms with Crippen molar-refractivity contribution in [3.8, 4) is 22.6 Å². The zero-order valence-corrected chi connectivity index (χ0v) is 17.0. The third-order valence-corrected chi connectivity index (χ3v) is 4.38. The SMILES string of the molecule is COCCOc1cc(C(C)C)c(CO)c(-c2ccc(F)cc2)c1OCCOC. The Balaban J connectivity index is 2.67. The molecule has 0 aliphatic heterocycles. The Morgan fingerprint density at radius 2 is 1.54 bits per heavy atom. The molecule has 0 spiro atoms. The number of rotatable bonds is 11. The quantitative estimate of drug-likeness (QED) is 0.582. The van der Waals surface area contributed by atoms with Crippen LogP contribution in [-0.4, -0.2) is 45.8 Å². The lowest BCUT2D eigenvalue weighted by atomic mass is 9.89. The van der Waals surface area contributed by atoms with Crippen LogP contribution >= 0.6 is 0 Å². The summed E-state index contributed by atoms with van der Waals surface area (Å²) in [5.74, 6) is 0.897. The van der Waals surface area contributed by atoms with E-state index in [9.17, 15) is 9.50 Å². The number of ether oxygens (including phenoxy) is 4. The Morgan fingerprint density at radius 1 is 0.929 bits per heavy atom. The van der Waals surface area contributed by atoms with Gasteiger partial charge in [0.05, 0.1) is 19.8 Å². The van der Waals surface area contributed by atoms with Crippen LogP contribution in [0.5, 0.6) is 11.5 Å². The van der Waals surface area contributed by atoms with E-state index in [-0.39, 0.29) is 18.3 Å². The Kier molecular flexibility index (Phi) is 8.70. The van der Waals surface area contributed by atoms with Crippen LogP contribution in [-0.2, 0) is 16.1 Å². The predicted octanol–water partition coefficient (Wildman–Crippen LogP) is 4.16. The summed E-state index contributed by atoms with van der Waals surface area (Å²) in [4.78, 5) is 0. The lowest BCUT2D eigenvalue weighted by molar-refractivity contribution is 0.132. The van der Waals surface area contributed by atoms with Gasteiger partial charge in [-0.1, -0.05) is 26.0 Å². The van der Waals surface area contributed by atoms with Crippen molar-refractivity contribution in [3.63, 3.8) is 0 Å². The topological polar surface area (TPSA) is 57.2 Å². The van der Waals surface area contributed by atoms with Gasteiger partial charge in [0.25, 0.3) is 0 Å². The van der Waals surface area contributed by atoms with E-state index in [2.05, 4.69) is 0 Å². The molecule has 0 aliphatic carbocycles. The Labute approximate surface area is 166 Å². The van der Waals surface area contributed by atoms with Crippen molar-refractivity contribution in [2.24, 2.45) is 0 Å². The van der Waals surface area contributed by atoms with Gasteiger partial charge in [-0.25, -0.2) is 4.39 Å². The van der Waals surface area contributed by atoms with E-state index in [1.165, 1.54) is 12.1 Å². The first-order chi connectivity index (χ1) is 13.5. The summed E-state index contributed by atoms with van der Waals surface area (Å²) in [5.41, 5.74) is 3.15. The van der Waals surface area contributed by atoms with Gasteiger partial charge in [-0.15, -0.1) is 0 Å². The fraction of sp³-hybridized carbons (Fsp3) is 0.455. The molecule has 0 radical (unpaired) electrons. The number of halogens is 1. The molecule has 28 heavy (non-hydrogen) atoms. The molecule has 0 saturated carbocycles. The smallest absolute Gasteiger partial charge is 0.169 e. The molecule has 0 unspecified atom stereocenters. The lowest BCUT2D eigenvalue weighted by Gasteiger charge is -2.23. The maximum atomic E-state index is 13.5. The maximum Gasteiger partial charge on any atom is 0.169 e. The van der Waals surface area contributed by atoms with Gasteiger partial charge in [-0.3, -0.25) is 0 Å². The molecule has 0 amide bonds. The van der Waals surface area contributed by atoms with Crippen molar-refractivity contribution in [2.45, 2.75) is 26.4 Å². The molecular weight excluding hydrogens is 363 g/mol. The van der Waals surface area contributed by atoms with Gasteiger partial charge in [0.15, 0.2) is 11.5 Å². The van der Waals surface area contributed by atoms with E-state index in [1.54, 1.807) is 26.4 Å². The lowest BCUT2D eigenvalue weighted by Crippen LogP contribution is -2.12. The fourth-order valence-corrected chi connectivity index (χ4v) is 3.02. The highest BCUT2D eigenvalue weighted by Gasteiger charge is 2.23. The van der Waals surface area contributed by atoms with Gasteiger partial charge < -0.3 is 24.1 Å². The molecule has 0 bridgehead atoms. The predicted molar refractivity (Wildman–Crippen MR) is 107 cm³/mol. The zero-order valence-electron chi connectivity index (χ0n) is 17.0. The molecule has 5 nitrogen and oxygen atoms in total. The Morgan fingerprint density at radius 3 is 2.07 bits per heavy atom. The number of hydrogen-bond acceptors (Lipinski definition) is 5. The largest absolute Gasteiger partial charge is 0.487 e. The van der Waals surface area contributed by atoms with Gasteiger partial charge >= 0.3 is 0 Å². The number of hydrogen-bond donors (Lipinski definition) is 1. The first-order valence-electron chi connectivity index (χ1n) is 9.33. The van der Waals surface area contributed by atoms with Crippen molar-refractivity contribution in [1.82, 2.24) is 0 Å². The first-order valence-corrected chi connectivity index (χ1v) is 9.33. The normalized spacial score (nSPS) is 11.1. The molecule has 0 saturated heterocycles. The minimum absolute atomic E-state index is 0.152. The molecule has 0 aliphatic rings. The molecule has 0 aromatic heterocycles. The van der Waals surface area contributed by atoms with Crippen LogP contribution in [0.3, 0.4) is 0 Å². The molecule has 2 aromatic carbocycles. The molecule has 1 N–H and O–H groups in total. The van der Waals surface area contributed by atoms with Crippen LogP contribution < -0.4 is 9.47 Å². The molecule has 0 fully saturated rings. The Bertz CT molecular complexity index is 744. The minimum Gasteiger partial charge on any atom is -0.487 e. The van der Waals surface area contributed by atoms with E-state index in [0.717, 1.165) is 16.7 Å². The van der Waals surface area contributed by atoms with Crippen LogP contribution in [0.1, 0.15) is 30.9 Å². The van der Waals surface area contributed by atoms with Crippen molar-refractivity contribution in [1.29, 1.82) is 0 Å². The molecule has 0 atom stereocenters. The summed E-state index contributed by atoms with van der Waals surface area (Å²) in [5, 5.41) is 10.1. The summed E-state index contributed by atoms with van der Waals surface area (Å²) in [6, 6.07) is 8.04. The summed E-state index contributed by atoms with van der Waals surface area (Å²) in [6.45, 7) is 5.44. The number of methoxy groups -OCH3 is 2. The van der Waals surface area contributed by atoms with Gasteiger partial charge in [-0.05, 0) is 40.8 Å². The second-order valence-electron chi connectivity index (χ2n) is 6.65. The molecule has 6 heteroatoms. The van der Waals surface area contributed by atoms with Gasteiger partial charge in [0.2, 0.25) is 0 Å². The van der Waals surface area contributed by atoms with Crippen molar-refractivity contribution in [3.05, 3.63) is 47.3 Å². The summed E-state index contributed by atoms with van der Waals surface area (Å²) >= 11 is 0. The summed E-state index contributed by atoms with van der Waals surface area (Å²) in [6.07, 6.45) is 0. The highest BCUT2D eigenvalue weighted by molar-refractivity contribution is 5.79. The molecular formula is C22H29FO5. The van der Waals surface area contributed by atoms with Crippen LogP contribution in [0.15, 0.2) is 30.3 Å². The van der Waals surface area contributed by atoms with Gasteiger partial charge in [0.1, 0.15) is 19.0 Å². The number of aliphatic hydroxyl groups excluding tert-OH is 1. The highest BCUT2D eigenvalue weighted by atomic mass is 19.1. The second kappa shape index (κ2) is 11.0. The average Bonchev–Trinajstić information content (AvgIpc) is 2.69. The standard InChI is InChI=1S/C22H29FO5/c1-15(2)18-13-20(27-11-9-25-3)22(28-12-10-26-4)21(19(18)14-24)16-5-7-17(23)8-6-16/h5-8,13,15,24H,9-12,14H2,1-4H3. The van der Waals surface area contributed by atoms with E-state index in [4.69, 9.17) is 18.9 Å². The molecule has 0 heterocycles. The number of aliphatic hydroxyl groups is 1. The highest BCUT2D eigenvalue weighted by Crippen LogP contribution is 2.44. The second-order valence-corrected chi connectivity index (χ2v) is 6.65. The van der Waals surface area contributed by atoms with Crippen LogP contribution in [0.2, 0.25) is 0 Å². The van der Waals surface area contributed by atoms with Crippen molar-refractivity contribution < 1.29 is 28.4 Å². The van der Waals surface area contributed by atoms with Crippen LogP contribution in [0.25, 0.3) is 11.1 Å². The average molecular weight is 392 g/mol. The minimum atomic E-state index is -0.326. The van der Waals surface area contributed by atoms with E-state index in [0.29, 0.717) is 43.5 Å². The molecule has 2 rings (SSSR count). The third-order valence-electron chi connectivity index (χ3n) is 4.38. The van der Waals surface area contributed by atoms with E-state index in [1.807, 2.05) is 19.9 Å². The van der Waals surface area contributed by atoms with E-state index >= 15 is 0 Å². The first kappa shape index (κ1) is 22.1. The maximum absolute atomic E-state index is 13.5. The zero-order chi connectivity index (χ0) is 20.5. The Hall–Kier alpha value is -2.15. The molecule has 154 valence electrons.